The average molecular weight is 385 g/mol. The molecule has 0 aliphatic carbocycles. The number of hydrogen-bond donors (Lipinski definition) is 1. The number of carbonyl (C=O) groups is 2. The van der Waals surface area contributed by atoms with Gasteiger partial charge in [0.05, 0.1) is 0 Å². The molecule has 3 rings (SSSR count). The lowest BCUT2D eigenvalue weighted by molar-refractivity contribution is -0.128. The number of carboxylic acid groups (broad SMARTS) is 1. The summed E-state index contributed by atoms with van der Waals surface area (Å²) in [4.78, 5) is 34.0. The Hall–Kier alpha value is -1.16. The van der Waals surface area contributed by atoms with Gasteiger partial charge in [0.1, 0.15) is 0 Å². The van der Waals surface area contributed by atoms with Crippen LogP contribution in [0, 0.1) is 0 Å². The topological polar surface area (TPSA) is 77.0 Å². The minimum atomic E-state index is -0.995. The van der Waals surface area contributed by atoms with E-state index in [-0.39, 0.29) is 11.6 Å². The highest BCUT2D eigenvalue weighted by molar-refractivity contribution is 8.01. The van der Waals surface area contributed by atoms with Gasteiger partial charge in [0, 0.05) is 62.9 Å². The van der Waals surface area contributed by atoms with Crippen LogP contribution in [0.2, 0.25) is 0 Å². The fourth-order valence-corrected chi connectivity index (χ4v) is 5.08. The second-order valence-corrected chi connectivity index (χ2v) is 8.74. The van der Waals surface area contributed by atoms with Crippen molar-refractivity contribution in [2.45, 2.75) is 23.2 Å². The first-order valence-electron chi connectivity index (χ1n) is 8.55. The lowest BCUT2D eigenvalue weighted by Gasteiger charge is -2.36. The van der Waals surface area contributed by atoms with Gasteiger partial charge in [0.15, 0.2) is 10.0 Å². The number of likely N-dealkylation sites (tertiary alicyclic amines) is 1. The number of nitrogens with zero attached hydrogens (tertiary/aromatic N) is 4. The number of piperazine rings is 1. The van der Waals surface area contributed by atoms with Crippen molar-refractivity contribution in [2.24, 2.45) is 0 Å². The standard InChI is InChI=1S/C16H24N4O3S2/c1-18-4-6-19(7-5-18)10-12-2-3-14(21)20(12)8-9-24-16-17-13(11-25-16)15(22)23/h11-12H,2-10H2,1H3,(H,22,23). The van der Waals surface area contributed by atoms with E-state index < -0.39 is 5.97 Å². The Morgan fingerprint density at radius 3 is 2.84 bits per heavy atom. The SMILES string of the molecule is CN1CCN(CC2CCC(=O)N2CCSc2nc(C(=O)O)cs2)CC1. The van der Waals surface area contributed by atoms with Crippen molar-refractivity contribution in [3.8, 4) is 0 Å². The third kappa shape index (κ3) is 4.93. The summed E-state index contributed by atoms with van der Waals surface area (Å²) in [5, 5.41) is 10.5. The van der Waals surface area contributed by atoms with E-state index in [1.54, 1.807) is 5.38 Å². The molecule has 138 valence electrons. The molecule has 1 unspecified atom stereocenters. The molecule has 0 saturated carbocycles. The van der Waals surface area contributed by atoms with Gasteiger partial charge in [0.2, 0.25) is 5.91 Å². The lowest BCUT2D eigenvalue weighted by Crippen LogP contribution is -2.49. The van der Waals surface area contributed by atoms with Gasteiger partial charge in [-0.3, -0.25) is 9.69 Å². The molecule has 0 radical (unpaired) electrons. The number of carbonyl (C=O) groups excluding carboxylic acids is 1. The summed E-state index contributed by atoms with van der Waals surface area (Å²) in [7, 11) is 2.15. The largest absolute Gasteiger partial charge is 0.476 e. The van der Waals surface area contributed by atoms with Gasteiger partial charge >= 0.3 is 5.97 Å². The van der Waals surface area contributed by atoms with Crippen LogP contribution in [0.4, 0.5) is 0 Å². The number of likely N-dealkylation sites (N-methyl/N-ethyl adjacent to an activating group) is 1. The maximum Gasteiger partial charge on any atom is 0.355 e. The molecule has 2 saturated heterocycles. The molecule has 2 aliphatic rings. The van der Waals surface area contributed by atoms with Gasteiger partial charge in [-0.05, 0) is 13.5 Å². The first-order chi connectivity index (χ1) is 12.0. The van der Waals surface area contributed by atoms with Crippen LogP contribution < -0.4 is 0 Å². The summed E-state index contributed by atoms with van der Waals surface area (Å²) in [6.45, 7) is 5.98. The Morgan fingerprint density at radius 2 is 2.16 bits per heavy atom. The van der Waals surface area contributed by atoms with Gasteiger partial charge in [-0.1, -0.05) is 11.8 Å². The first-order valence-corrected chi connectivity index (χ1v) is 10.4. The highest BCUT2D eigenvalue weighted by Gasteiger charge is 2.32. The van der Waals surface area contributed by atoms with E-state index in [1.165, 1.54) is 23.1 Å². The van der Waals surface area contributed by atoms with Crippen molar-refractivity contribution in [3.05, 3.63) is 11.1 Å². The number of rotatable bonds is 7. The number of aromatic carboxylic acids is 1. The zero-order chi connectivity index (χ0) is 17.8. The molecule has 25 heavy (non-hydrogen) atoms. The summed E-state index contributed by atoms with van der Waals surface area (Å²) in [6.07, 6.45) is 1.58. The highest BCUT2D eigenvalue weighted by atomic mass is 32.2. The number of amides is 1. The van der Waals surface area contributed by atoms with E-state index in [4.69, 9.17) is 5.11 Å². The van der Waals surface area contributed by atoms with Crippen LogP contribution in [0.25, 0.3) is 0 Å². The van der Waals surface area contributed by atoms with Gasteiger partial charge in [0.25, 0.3) is 0 Å². The maximum atomic E-state index is 12.2. The minimum absolute atomic E-state index is 0.0951. The molecule has 1 aromatic heterocycles. The van der Waals surface area contributed by atoms with Gasteiger partial charge in [-0.2, -0.15) is 0 Å². The summed E-state index contributed by atoms with van der Waals surface area (Å²) in [6, 6.07) is 0.308. The van der Waals surface area contributed by atoms with Crippen molar-refractivity contribution in [2.75, 3.05) is 52.1 Å². The average Bonchev–Trinajstić information content (AvgIpc) is 3.19. The normalized spacial score (nSPS) is 22.7. The van der Waals surface area contributed by atoms with Crippen LogP contribution in [0.3, 0.4) is 0 Å². The Morgan fingerprint density at radius 1 is 1.40 bits per heavy atom. The van der Waals surface area contributed by atoms with Crippen LogP contribution >= 0.6 is 23.1 Å². The second-order valence-electron chi connectivity index (χ2n) is 6.54. The Kier molecular flexibility index (Phi) is 6.32. The van der Waals surface area contributed by atoms with Crippen LogP contribution in [0.5, 0.6) is 0 Å². The molecule has 1 amide bonds. The molecular formula is C16H24N4O3S2. The van der Waals surface area contributed by atoms with E-state index in [0.29, 0.717) is 19.0 Å². The van der Waals surface area contributed by atoms with Crippen LogP contribution in [0.15, 0.2) is 9.72 Å². The van der Waals surface area contributed by atoms with Crippen molar-refractivity contribution in [1.29, 1.82) is 0 Å². The van der Waals surface area contributed by atoms with Crippen LogP contribution in [0.1, 0.15) is 23.3 Å². The lowest BCUT2D eigenvalue weighted by atomic mass is 10.2. The predicted octanol–water partition coefficient (Wildman–Crippen LogP) is 1.17. The molecule has 2 fully saturated rings. The first kappa shape index (κ1) is 18.6. The van der Waals surface area contributed by atoms with Gasteiger partial charge in [-0.15, -0.1) is 11.3 Å². The van der Waals surface area contributed by atoms with E-state index in [2.05, 4.69) is 21.8 Å². The Bertz CT molecular complexity index is 616. The van der Waals surface area contributed by atoms with Crippen molar-refractivity contribution >= 4 is 35.0 Å². The third-order valence-electron chi connectivity index (χ3n) is 4.78. The molecule has 2 aliphatic heterocycles. The van der Waals surface area contributed by atoms with Crippen molar-refractivity contribution < 1.29 is 14.7 Å². The smallest absolute Gasteiger partial charge is 0.355 e. The molecule has 1 aromatic rings. The molecule has 9 heteroatoms. The monoisotopic (exact) mass is 384 g/mol. The fourth-order valence-electron chi connectivity index (χ4n) is 3.27. The Balaban J connectivity index is 1.47. The van der Waals surface area contributed by atoms with E-state index in [1.807, 2.05) is 4.90 Å². The summed E-state index contributed by atoms with van der Waals surface area (Å²) in [5.41, 5.74) is 0.0951. The molecule has 1 atom stereocenters. The van der Waals surface area contributed by atoms with Crippen molar-refractivity contribution in [1.82, 2.24) is 19.7 Å². The van der Waals surface area contributed by atoms with Crippen LogP contribution in [-0.2, 0) is 4.79 Å². The maximum absolute atomic E-state index is 12.2. The summed E-state index contributed by atoms with van der Waals surface area (Å²) in [5.74, 6) is -0.00692. The number of aromatic nitrogens is 1. The molecule has 1 N–H and O–H groups in total. The molecular weight excluding hydrogens is 360 g/mol. The number of carboxylic acids is 1. The second kappa shape index (κ2) is 8.48. The molecule has 0 spiro atoms. The van der Waals surface area contributed by atoms with E-state index >= 15 is 0 Å². The van der Waals surface area contributed by atoms with Gasteiger partial charge in [-0.25, -0.2) is 9.78 Å². The van der Waals surface area contributed by atoms with E-state index in [0.717, 1.165) is 49.2 Å². The quantitative estimate of drug-likeness (QED) is 0.707. The summed E-state index contributed by atoms with van der Waals surface area (Å²) >= 11 is 2.87. The van der Waals surface area contributed by atoms with Crippen LogP contribution in [-0.4, -0.2) is 94.8 Å². The van der Waals surface area contributed by atoms with Crippen molar-refractivity contribution in [3.63, 3.8) is 0 Å². The molecule has 3 heterocycles. The van der Waals surface area contributed by atoms with Gasteiger partial charge < -0.3 is 14.9 Å². The number of hydrogen-bond acceptors (Lipinski definition) is 7. The zero-order valence-electron chi connectivity index (χ0n) is 14.4. The number of thioether (sulfide) groups is 1. The fraction of sp³-hybridized carbons (Fsp3) is 0.688. The third-order valence-corrected chi connectivity index (χ3v) is 6.78. The number of thiazole rings is 1. The molecule has 7 nitrogen and oxygen atoms in total. The van der Waals surface area contributed by atoms with E-state index in [9.17, 15) is 9.59 Å². The predicted molar refractivity (Wildman–Crippen MR) is 98.5 cm³/mol. The minimum Gasteiger partial charge on any atom is -0.476 e. The molecule has 0 aromatic carbocycles. The molecule has 0 bridgehead atoms. The Labute approximate surface area is 156 Å². The highest BCUT2D eigenvalue weighted by Crippen LogP contribution is 2.25. The zero-order valence-corrected chi connectivity index (χ0v) is 16.0. The summed E-state index contributed by atoms with van der Waals surface area (Å²) < 4.78 is 0.750.